The van der Waals surface area contributed by atoms with Crippen LogP contribution in [-0.2, 0) is 4.18 Å². The zero-order chi connectivity index (χ0) is 8.27. The fourth-order valence-electron chi connectivity index (χ4n) is 0.752. The number of rotatable bonds is 1. The van der Waals surface area contributed by atoms with Crippen molar-refractivity contribution in [2.75, 3.05) is 0 Å². The molecule has 0 bridgehead atoms. The lowest BCUT2D eigenvalue weighted by Crippen LogP contribution is -2.00. The first kappa shape index (κ1) is 8.07. The Bertz CT molecular complexity index is 275. The fraction of sp³-hybridized carbons (Fsp3) is 0.143. The van der Waals surface area contributed by atoms with E-state index in [1.165, 1.54) is 6.20 Å². The van der Waals surface area contributed by atoms with Crippen LogP contribution in [0.5, 0.6) is 0 Å². The predicted molar refractivity (Wildman–Crippen MR) is 43.4 cm³/mol. The summed E-state index contributed by atoms with van der Waals surface area (Å²) in [6.45, 7) is 1.78. The first-order chi connectivity index (χ1) is 5.25. The summed E-state index contributed by atoms with van der Waals surface area (Å²) < 4.78 is 4.24. The molecule has 0 aliphatic heterocycles. The van der Waals surface area contributed by atoms with Gasteiger partial charge in [0.1, 0.15) is 0 Å². The molecule has 0 N–H and O–H groups in total. The van der Waals surface area contributed by atoms with E-state index in [1.807, 2.05) is 0 Å². The topological polar surface area (TPSA) is 39.2 Å². The second-order valence-corrected chi connectivity index (χ2v) is 2.25. The molecule has 0 amide bonds. The van der Waals surface area contributed by atoms with Crippen molar-refractivity contribution >= 4 is 18.9 Å². The number of aromatic nitrogens is 1. The summed E-state index contributed by atoms with van der Waals surface area (Å²) in [5.41, 5.74) is 1.28. The summed E-state index contributed by atoms with van der Waals surface area (Å²) in [5, 5.41) is 0. The van der Waals surface area contributed by atoms with Crippen LogP contribution in [0.15, 0.2) is 18.5 Å². The van der Waals surface area contributed by atoms with E-state index in [2.05, 4.69) is 22.1 Å². The highest BCUT2D eigenvalue weighted by Crippen LogP contribution is 2.06. The molecule has 1 rings (SSSR count). The van der Waals surface area contributed by atoms with Gasteiger partial charge < -0.3 is 4.18 Å². The normalized spacial score (nSPS) is 9.27. The van der Waals surface area contributed by atoms with Crippen LogP contribution >= 0.6 is 12.9 Å². The van der Waals surface area contributed by atoms with E-state index in [0.717, 1.165) is 5.56 Å². The van der Waals surface area contributed by atoms with Gasteiger partial charge in [-0.15, -0.1) is 0 Å². The molecule has 1 aromatic rings. The molecule has 0 saturated carbocycles. The molecule has 3 nitrogen and oxygen atoms in total. The standard InChI is InChI=1S/C7H7NO2S/c1-5-4-8-3-2-6(5)7(9)10-11/h2-4,11H,1H3. The Morgan fingerprint density at radius 3 is 3.00 bits per heavy atom. The zero-order valence-electron chi connectivity index (χ0n) is 5.94. The molecule has 4 heteroatoms. The Labute approximate surface area is 70.0 Å². The lowest BCUT2D eigenvalue weighted by atomic mass is 10.2. The van der Waals surface area contributed by atoms with Crippen molar-refractivity contribution in [2.45, 2.75) is 6.92 Å². The number of carbonyl (C=O) groups is 1. The largest absolute Gasteiger partial charge is 0.391 e. The van der Waals surface area contributed by atoms with Crippen LogP contribution in [-0.4, -0.2) is 11.0 Å². The lowest BCUT2D eigenvalue weighted by Gasteiger charge is -1.99. The maximum absolute atomic E-state index is 10.9. The summed E-state index contributed by atoms with van der Waals surface area (Å²) in [6.07, 6.45) is 3.13. The molecular weight excluding hydrogens is 162 g/mol. The molecular formula is C7H7NO2S. The number of hydrogen-bond acceptors (Lipinski definition) is 4. The van der Waals surface area contributed by atoms with Crippen LogP contribution in [0.25, 0.3) is 0 Å². The van der Waals surface area contributed by atoms with E-state index in [-0.39, 0.29) is 0 Å². The molecule has 0 radical (unpaired) electrons. The van der Waals surface area contributed by atoms with Gasteiger partial charge >= 0.3 is 5.97 Å². The molecule has 11 heavy (non-hydrogen) atoms. The fourth-order valence-corrected chi connectivity index (χ4v) is 0.850. The minimum absolute atomic E-state index is 0.451. The Kier molecular flexibility index (Phi) is 2.48. The molecule has 0 saturated heterocycles. The zero-order valence-corrected chi connectivity index (χ0v) is 6.84. The number of nitrogens with zero attached hydrogens (tertiary/aromatic N) is 1. The third-order valence-electron chi connectivity index (χ3n) is 1.32. The third-order valence-corrected chi connectivity index (χ3v) is 1.49. The minimum atomic E-state index is -0.451. The smallest absolute Gasteiger partial charge is 0.350 e. The summed E-state index contributed by atoms with van der Waals surface area (Å²) in [7, 11) is 0. The molecule has 1 heterocycles. The maximum atomic E-state index is 10.9. The van der Waals surface area contributed by atoms with Gasteiger partial charge in [-0.2, -0.15) is 0 Å². The molecule has 1 aromatic heterocycles. The molecule has 0 atom stereocenters. The highest BCUT2D eigenvalue weighted by Gasteiger charge is 2.07. The van der Waals surface area contributed by atoms with Crippen molar-refractivity contribution in [1.29, 1.82) is 0 Å². The average Bonchev–Trinajstić information content (AvgIpc) is 2.04. The van der Waals surface area contributed by atoms with Crippen molar-refractivity contribution in [1.82, 2.24) is 4.98 Å². The van der Waals surface area contributed by atoms with Crippen molar-refractivity contribution in [3.8, 4) is 0 Å². The monoisotopic (exact) mass is 169 g/mol. The Morgan fingerprint density at radius 1 is 1.73 bits per heavy atom. The molecule has 0 aliphatic rings. The number of aryl methyl sites for hydroxylation is 1. The molecule has 0 aromatic carbocycles. The number of carbonyl (C=O) groups excluding carboxylic acids is 1. The molecule has 0 spiro atoms. The quantitative estimate of drug-likeness (QED) is 0.510. The van der Waals surface area contributed by atoms with Crippen LogP contribution in [0.3, 0.4) is 0 Å². The minimum Gasteiger partial charge on any atom is -0.391 e. The second kappa shape index (κ2) is 3.39. The molecule has 0 fully saturated rings. The number of hydrogen-bond donors (Lipinski definition) is 1. The highest BCUT2D eigenvalue weighted by molar-refractivity contribution is 7.75. The van der Waals surface area contributed by atoms with E-state index in [1.54, 1.807) is 19.2 Å². The van der Waals surface area contributed by atoms with Gasteiger partial charge in [0.05, 0.1) is 5.56 Å². The average molecular weight is 169 g/mol. The maximum Gasteiger partial charge on any atom is 0.350 e. The van der Waals surface area contributed by atoms with Crippen LogP contribution < -0.4 is 0 Å². The summed E-state index contributed by atoms with van der Waals surface area (Å²) in [4.78, 5) is 14.7. The van der Waals surface area contributed by atoms with Crippen LogP contribution in [0, 0.1) is 6.92 Å². The van der Waals surface area contributed by atoms with Gasteiger partial charge in [-0.1, -0.05) is 0 Å². The Balaban J connectivity index is 3.03. The highest BCUT2D eigenvalue weighted by atomic mass is 32.1. The molecule has 58 valence electrons. The van der Waals surface area contributed by atoms with E-state index in [0.29, 0.717) is 5.56 Å². The van der Waals surface area contributed by atoms with Crippen molar-refractivity contribution in [2.24, 2.45) is 0 Å². The van der Waals surface area contributed by atoms with Gasteiger partial charge in [-0.05, 0) is 18.6 Å². The van der Waals surface area contributed by atoms with Crippen molar-refractivity contribution in [3.63, 3.8) is 0 Å². The summed E-state index contributed by atoms with van der Waals surface area (Å²) in [6, 6.07) is 1.59. The third kappa shape index (κ3) is 1.71. The lowest BCUT2D eigenvalue weighted by molar-refractivity contribution is 0.0771. The van der Waals surface area contributed by atoms with Gasteiger partial charge in [0, 0.05) is 25.3 Å². The van der Waals surface area contributed by atoms with Crippen molar-refractivity contribution in [3.05, 3.63) is 29.6 Å². The SMILES string of the molecule is Cc1cnccc1C(=O)OS. The first-order valence-electron chi connectivity index (χ1n) is 3.02. The van der Waals surface area contributed by atoms with Crippen molar-refractivity contribution < 1.29 is 8.98 Å². The molecule has 0 aliphatic carbocycles. The Hall–Kier alpha value is -1.03. The number of thiol groups is 1. The Morgan fingerprint density at radius 2 is 2.45 bits per heavy atom. The van der Waals surface area contributed by atoms with E-state index < -0.39 is 5.97 Å². The van der Waals surface area contributed by atoms with Gasteiger partial charge in [-0.3, -0.25) is 4.98 Å². The second-order valence-electron chi connectivity index (χ2n) is 2.07. The van der Waals surface area contributed by atoms with Crippen LogP contribution in [0.2, 0.25) is 0 Å². The number of pyridine rings is 1. The van der Waals surface area contributed by atoms with E-state index in [9.17, 15) is 4.79 Å². The van der Waals surface area contributed by atoms with E-state index in [4.69, 9.17) is 0 Å². The predicted octanol–water partition coefficient (Wildman–Crippen LogP) is 1.39. The van der Waals surface area contributed by atoms with Gasteiger partial charge in [0.25, 0.3) is 0 Å². The van der Waals surface area contributed by atoms with Crippen LogP contribution in [0.1, 0.15) is 15.9 Å². The summed E-state index contributed by atoms with van der Waals surface area (Å²) >= 11 is 3.40. The summed E-state index contributed by atoms with van der Waals surface area (Å²) in [5.74, 6) is -0.451. The van der Waals surface area contributed by atoms with Gasteiger partial charge in [0.15, 0.2) is 0 Å². The van der Waals surface area contributed by atoms with Gasteiger partial charge in [-0.25, -0.2) is 4.79 Å². The first-order valence-corrected chi connectivity index (χ1v) is 3.38. The van der Waals surface area contributed by atoms with E-state index >= 15 is 0 Å². The molecule has 0 unspecified atom stereocenters. The van der Waals surface area contributed by atoms with Gasteiger partial charge in [0.2, 0.25) is 0 Å². The van der Waals surface area contributed by atoms with Crippen LogP contribution in [0.4, 0.5) is 0 Å².